The molecule has 2 N–H and O–H groups in total. The summed E-state index contributed by atoms with van der Waals surface area (Å²) in [5.74, 6) is -0.311. The Labute approximate surface area is 135 Å². The zero-order chi connectivity index (χ0) is 15.8. The van der Waals surface area contributed by atoms with Crippen LogP contribution in [0.15, 0.2) is 66.8 Å². The van der Waals surface area contributed by atoms with Gasteiger partial charge in [0.05, 0.1) is 5.92 Å². The smallest absolute Gasteiger partial charge is 0.161 e. The van der Waals surface area contributed by atoms with Gasteiger partial charge in [0.1, 0.15) is 0 Å². The summed E-state index contributed by atoms with van der Waals surface area (Å²) in [5, 5.41) is 18.9. The fraction of sp³-hybridized carbons (Fsp3) is 0.143. The molecule has 0 amide bonds. The predicted molar refractivity (Wildman–Crippen MR) is 93.5 cm³/mol. The van der Waals surface area contributed by atoms with Crippen molar-refractivity contribution in [3.05, 3.63) is 89.0 Å². The molecule has 1 atom stereocenters. The van der Waals surface area contributed by atoms with Crippen molar-refractivity contribution in [2.75, 3.05) is 0 Å². The Bertz CT molecular complexity index is 826. The SMILES string of the molecule is OC(O)C1C=Cc2cc(C3=CC(c4ccccc4)=CC3)ccc21. The number of aliphatic hydroxyl groups excluding tert-OH is 1. The van der Waals surface area contributed by atoms with Gasteiger partial charge in [-0.05, 0) is 45.9 Å². The summed E-state index contributed by atoms with van der Waals surface area (Å²) in [6.07, 6.45) is 7.93. The third kappa shape index (κ3) is 2.56. The Kier molecular flexibility index (Phi) is 3.49. The van der Waals surface area contributed by atoms with Gasteiger partial charge in [-0.1, -0.05) is 66.8 Å². The van der Waals surface area contributed by atoms with Gasteiger partial charge in [-0.3, -0.25) is 0 Å². The maximum atomic E-state index is 9.43. The van der Waals surface area contributed by atoms with Crippen LogP contribution in [0.2, 0.25) is 0 Å². The molecule has 2 aromatic carbocycles. The standard InChI is InChI=1S/C21H18O2/c22-21(23)20-11-9-18-13-17(8-10-19(18)20)16-7-6-15(12-16)14-4-2-1-3-5-14/h1-6,8-13,20-23H,7H2. The lowest BCUT2D eigenvalue weighted by Gasteiger charge is -2.14. The topological polar surface area (TPSA) is 40.5 Å². The van der Waals surface area contributed by atoms with Crippen molar-refractivity contribution in [2.45, 2.75) is 18.6 Å². The normalized spacial score (nSPS) is 19.0. The van der Waals surface area contributed by atoms with E-state index in [9.17, 15) is 10.2 Å². The molecule has 4 rings (SSSR count). The first-order chi connectivity index (χ1) is 11.2. The number of benzene rings is 2. The molecule has 0 aromatic heterocycles. The Morgan fingerprint density at radius 3 is 2.57 bits per heavy atom. The number of aliphatic hydroxyl groups is 2. The van der Waals surface area contributed by atoms with Gasteiger partial charge in [-0.2, -0.15) is 0 Å². The molecule has 2 aromatic rings. The fourth-order valence-electron chi connectivity index (χ4n) is 3.35. The minimum absolute atomic E-state index is 0.311. The molecule has 114 valence electrons. The molecule has 1 unspecified atom stereocenters. The van der Waals surface area contributed by atoms with E-state index >= 15 is 0 Å². The number of hydrogen-bond donors (Lipinski definition) is 2. The molecule has 23 heavy (non-hydrogen) atoms. The molecule has 2 aliphatic carbocycles. The predicted octanol–water partition coefficient (Wildman–Crippen LogP) is 3.98. The van der Waals surface area contributed by atoms with E-state index in [2.05, 4.69) is 48.6 Å². The molecule has 2 heteroatoms. The van der Waals surface area contributed by atoms with Crippen LogP contribution < -0.4 is 0 Å². The van der Waals surface area contributed by atoms with Crippen LogP contribution in [0.1, 0.15) is 34.6 Å². The lowest BCUT2D eigenvalue weighted by molar-refractivity contribution is -0.0490. The molecule has 0 bridgehead atoms. The van der Waals surface area contributed by atoms with E-state index in [-0.39, 0.29) is 5.92 Å². The number of allylic oxidation sites excluding steroid dienone is 4. The van der Waals surface area contributed by atoms with Crippen LogP contribution in [0.3, 0.4) is 0 Å². The van der Waals surface area contributed by atoms with Gasteiger partial charge in [0.15, 0.2) is 6.29 Å². The average molecular weight is 302 g/mol. The highest BCUT2D eigenvalue weighted by Crippen LogP contribution is 2.37. The van der Waals surface area contributed by atoms with E-state index in [4.69, 9.17) is 0 Å². The van der Waals surface area contributed by atoms with Crippen molar-refractivity contribution in [1.29, 1.82) is 0 Å². The molecule has 0 fully saturated rings. The van der Waals surface area contributed by atoms with Crippen molar-refractivity contribution in [1.82, 2.24) is 0 Å². The summed E-state index contributed by atoms with van der Waals surface area (Å²) in [6, 6.07) is 16.6. The summed E-state index contributed by atoms with van der Waals surface area (Å²) in [7, 11) is 0. The van der Waals surface area contributed by atoms with Crippen LogP contribution in [0, 0.1) is 0 Å². The molecule has 0 saturated heterocycles. The highest BCUT2D eigenvalue weighted by atomic mass is 16.5. The van der Waals surface area contributed by atoms with Crippen LogP contribution in [-0.4, -0.2) is 16.5 Å². The third-order valence-corrected chi connectivity index (χ3v) is 4.60. The summed E-state index contributed by atoms with van der Waals surface area (Å²) in [5.41, 5.74) is 7.07. The zero-order valence-corrected chi connectivity index (χ0v) is 12.7. The maximum Gasteiger partial charge on any atom is 0.161 e. The van der Waals surface area contributed by atoms with Gasteiger partial charge < -0.3 is 10.2 Å². The van der Waals surface area contributed by atoms with E-state index in [1.54, 1.807) is 0 Å². The van der Waals surface area contributed by atoms with Crippen LogP contribution in [0.5, 0.6) is 0 Å². The van der Waals surface area contributed by atoms with Crippen LogP contribution in [-0.2, 0) is 0 Å². The van der Waals surface area contributed by atoms with E-state index in [1.165, 1.54) is 22.3 Å². The second-order valence-electron chi connectivity index (χ2n) is 6.04. The highest BCUT2D eigenvalue weighted by Gasteiger charge is 2.23. The molecule has 0 heterocycles. The Morgan fingerprint density at radius 2 is 1.78 bits per heavy atom. The van der Waals surface area contributed by atoms with Gasteiger partial charge in [0.25, 0.3) is 0 Å². The largest absolute Gasteiger partial charge is 0.367 e. The monoisotopic (exact) mass is 302 g/mol. The summed E-state index contributed by atoms with van der Waals surface area (Å²) >= 11 is 0. The van der Waals surface area contributed by atoms with Crippen LogP contribution >= 0.6 is 0 Å². The quantitative estimate of drug-likeness (QED) is 0.842. The molecular weight excluding hydrogens is 284 g/mol. The Balaban J connectivity index is 1.63. The fourth-order valence-corrected chi connectivity index (χ4v) is 3.35. The first-order valence-corrected chi connectivity index (χ1v) is 7.87. The van der Waals surface area contributed by atoms with Crippen LogP contribution in [0.4, 0.5) is 0 Å². The molecule has 0 saturated carbocycles. The number of rotatable bonds is 3. The average Bonchev–Trinajstić information content (AvgIpc) is 3.22. The van der Waals surface area contributed by atoms with E-state index < -0.39 is 6.29 Å². The van der Waals surface area contributed by atoms with Crippen molar-refractivity contribution in [3.63, 3.8) is 0 Å². The summed E-state index contributed by atoms with van der Waals surface area (Å²) < 4.78 is 0. The molecule has 0 spiro atoms. The van der Waals surface area contributed by atoms with Crippen molar-refractivity contribution < 1.29 is 10.2 Å². The maximum absolute atomic E-state index is 9.43. The van der Waals surface area contributed by atoms with Gasteiger partial charge in [0.2, 0.25) is 0 Å². The summed E-state index contributed by atoms with van der Waals surface area (Å²) in [4.78, 5) is 0. The first kappa shape index (κ1) is 14.2. The lowest BCUT2D eigenvalue weighted by Crippen LogP contribution is -2.14. The number of hydrogen-bond acceptors (Lipinski definition) is 2. The molecule has 2 nitrogen and oxygen atoms in total. The Hall–Kier alpha value is -2.42. The van der Waals surface area contributed by atoms with Crippen LogP contribution in [0.25, 0.3) is 17.2 Å². The van der Waals surface area contributed by atoms with Gasteiger partial charge in [-0.25, -0.2) is 0 Å². The van der Waals surface area contributed by atoms with Gasteiger partial charge in [-0.15, -0.1) is 0 Å². The second-order valence-corrected chi connectivity index (χ2v) is 6.04. The van der Waals surface area contributed by atoms with E-state index in [0.717, 1.165) is 17.5 Å². The Morgan fingerprint density at radius 1 is 0.957 bits per heavy atom. The molecular formula is C21H18O2. The minimum Gasteiger partial charge on any atom is -0.367 e. The first-order valence-electron chi connectivity index (χ1n) is 7.87. The second kappa shape index (κ2) is 5.65. The molecule has 2 aliphatic rings. The van der Waals surface area contributed by atoms with E-state index in [1.807, 2.05) is 24.3 Å². The number of fused-ring (bicyclic) bond motifs is 1. The third-order valence-electron chi connectivity index (χ3n) is 4.60. The van der Waals surface area contributed by atoms with Gasteiger partial charge >= 0.3 is 0 Å². The molecule has 0 aliphatic heterocycles. The highest BCUT2D eigenvalue weighted by molar-refractivity contribution is 5.89. The minimum atomic E-state index is -1.34. The van der Waals surface area contributed by atoms with Crippen molar-refractivity contribution in [2.24, 2.45) is 0 Å². The van der Waals surface area contributed by atoms with E-state index in [0.29, 0.717) is 0 Å². The van der Waals surface area contributed by atoms with Crippen molar-refractivity contribution >= 4 is 17.2 Å². The zero-order valence-electron chi connectivity index (χ0n) is 12.7. The lowest BCUT2D eigenvalue weighted by atomic mass is 9.95. The molecule has 0 radical (unpaired) electrons. The van der Waals surface area contributed by atoms with Gasteiger partial charge in [0, 0.05) is 0 Å². The van der Waals surface area contributed by atoms with Crippen molar-refractivity contribution in [3.8, 4) is 0 Å². The summed E-state index contributed by atoms with van der Waals surface area (Å²) in [6.45, 7) is 0.